The van der Waals surface area contributed by atoms with Crippen molar-refractivity contribution in [3.8, 4) is 0 Å². The molecule has 0 bridgehead atoms. The lowest BCUT2D eigenvalue weighted by molar-refractivity contribution is 0.0946. The van der Waals surface area contributed by atoms with E-state index in [0.717, 1.165) is 15.7 Å². The van der Waals surface area contributed by atoms with Gasteiger partial charge in [0.25, 0.3) is 5.91 Å². The molecular weight excluding hydrogens is 306 g/mol. The summed E-state index contributed by atoms with van der Waals surface area (Å²) in [6, 6.07) is 11.3. The van der Waals surface area contributed by atoms with Crippen LogP contribution in [-0.4, -0.2) is 17.9 Å². The number of anilines is 1. The molecule has 0 saturated carbocycles. The quantitative estimate of drug-likeness (QED) is 0.911. The van der Waals surface area contributed by atoms with Crippen LogP contribution in [0, 0.1) is 0 Å². The number of amides is 1. The van der Waals surface area contributed by atoms with Crippen LogP contribution in [-0.2, 0) is 6.54 Å². The molecule has 0 fully saturated rings. The summed E-state index contributed by atoms with van der Waals surface area (Å²) in [5, 5.41) is 5.79. The van der Waals surface area contributed by atoms with E-state index in [1.807, 2.05) is 37.4 Å². The zero-order valence-electron chi connectivity index (χ0n) is 10.5. The molecule has 0 radical (unpaired) electrons. The lowest BCUT2D eigenvalue weighted by Crippen LogP contribution is -2.23. The molecule has 0 atom stereocenters. The van der Waals surface area contributed by atoms with Crippen LogP contribution >= 0.6 is 15.9 Å². The molecule has 0 aliphatic rings. The third-order valence-electron chi connectivity index (χ3n) is 2.65. The minimum Gasteiger partial charge on any atom is -0.387 e. The lowest BCUT2D eigenvalue weighted by Gasteiger charge is -2.06. The van der Waals surface area contributed by atoms with Crippen molar-refractivity contribution in [3.05, 3.63) is 58.3 Å². The maximum atomic E-state index is 11.9. The fourth-order valence-corrected chi connectivity index (χ4v) is 1.82. The molecule has 5 heteroatoms. The van der Waals surface area contributed by atoms with Gasteiger partial charge in [-0.2, -0.15) is 0 Å². The molecule has 2 N–H and O–H groups in total. The van der Waals surface area contributed by atoms with Gasteiger partial charge in [-0.15, -0.1) is 0 Å². The van der Waals surface area contributed by atoms with Gasteiger partial charge in [0, 0.05) is 18.1 Å². The van der Waals surface area contributed by atoms with Gasteiger partial charge in [0.15, 0.2) is 0 Å². The first-order valence-electron chi connectivity index (χ1n) is 5.85. The van der Waals surface area contributed by atoms with Gasteiger partial charge in [0.2, 0.25) is 0 Å². The summed E-state index contributed by atoms with van der Waals surface area (Å²) < 4.78 is 1.02. The summed E-state index contributed by atoms with van der Waals surface area (Å²) in [4.78, 5) is 16.0. The summed E-state index contributed by atoms with van der Waals surface area (Å²) in [6.07, 6.45) is 1.63. The normalized spacial score (nSPS) is 10.0. The molecule has 1 aromatic heterocycles. The van der Waals surface area contributed by atoms with Gasteiger partial charge >= 0.3 is 0 Å². The predicted octanol–water partition coefficient (Wildman–Crippen LogP) is 2.82. The third kappa shape index (κ3) is 3.79. The van der Waals surface area contributed by atoms with Crippen molar-refractivity contribution >= 4 is 27.5 Å². The van der Waals surface area contributed by atoms with Crippen LogP contribution in [0.5, 0.6) is 0 Å². The number of hydrogen-bond acceptors (Lipinski definition) is 3. The van der Waals surface area contributed by atoms with Crippen molar-refractivity contribution in [3.63, 3.8) is 0 Å². The number of nitrogens with one attached hydrogen (secondary N) is 2. The van der Waals surface area contributed by atoms with Crippen LogP contribution in [0.25, 0.3) is 0 Å². The van der Waals surface area contributed by atoms with Crippen molar-refractivity contribution in [2.75, 3.05) is 12.4 Å². The Kier molecular flexibility index (Phi) is 4.52. The van der Waals surface area contributed by atoms with E-state index in [1.165, 1.54) is 0 Å². The molecule has 0 aliphatic heterocycles. The number of pyridine rings is 1. The van der Waals surface area contributed by atoms with Crippen molar-refractivity contribution in [1.29, 1.82) is 0 Å². The minimum atomic E-state index is -0.175. The van der Waals surface area contributed by atoms with Crippen LogP contribution in [0.1, 0.15) is 16.1 Å². The van der Waals surface area contributed by atoms with Crippen LogP contribution in [0.4, 0.5) is 5.69 Å². The molecule has 1 amide bonds. The zero-order chi connectivity index (χ0) is 13.7. The first-order chi connectivity index (χ1) is 9.19. The average molecular weight is 320 g/mol. The third-order valence-corrected chi connectivity index (χ3v) is 3.18. The molecular formula is C14H14BrN3O. The van der Waals surface area contributed by atoms with E-state index in [2.05, 4.69) is 31.5 Å². The summed E-state index contributed by atoms with van der Waals surface area (Å²) in [7, 11) is 1.81. The topological polar surface area (TPSA) is 54.0 Å². The van der Waals surface area contributed by atoms with Gasteiger partial charge in [0.1, 0.15) is 5.69 Å². The summed E-state index contributed by atoms with van der Waals surface area (Å²) in [6.45, 7) is 0.488. The van der Waals surface area contributed by atoms with E-state index in [1.54, 1.807) is 12.3 Å². The first-order valence-corrected chi connectivity index (χ1v) is 6.65. The Labute approximate surface area is 120 Å². The molecule has 19 heavy (non-hydrogen) atoms. The number of carbonyl (C=O) groups is 1. The standard InChI is InChI=1S/C14H14BrN3O/c1-16-12-6-7-13(17-9-12)14(19)18-8-10-2-4-11(15)5-3-10/h2-7,9,16H,8H2,1H3,(H,18,19). The fraction of sp³-hybridized carbons (Fsp3) is 0.143. The molecule has 2 rings (SSSR count). The number of carbonyl (C=O) groups excluding carboxylic acids is 1. The van der Waals surface area contributed by atoms with Gasteiger partial charge in [-0.3, -0.25) is 4.79 Å². The molecule has 0 saturated heterocycles. The Hall–Kier alpha value is -1.88. The summed E-state index contributed by atoms with van der Waals surface area (Å²) >= 11 is 3.37. The van der Waals surface area contributed by atoms with Crippen molar-refractivity contribution in [2.45, 2.75) is 6.54 Å². The summed E-state index contributed by atoms with van der Waals surface area (Å²) in [5.74, 6) is -0.175. The number of hydrogen-bond donors (Lipinski definition) is 2. The minimum absolute atomic E-state index is 0.175. The maximum Gasteiger partial charge on any atom is 0.270 e. The molecule has 1 aromatic carbocycles. The lowest BCUT2D eigenvalue weighted by atomic mass is 10.2. The highest BCUT2D eigenvalue weighted by Crippen LogP contribution is 2.10. The zero-order valence-corrected chi connectivity index (χ0v) is 12.1. The van der Waals surface area contributed by atoms with E-state index >= 15 is 0 Å². The second kappa shape index (κ2) is 6.33. The van der Waals surface area contributed by atoms with E-state index in [4.69, 9.17) is 0 Å². The predicted molar refractivity (Wildman–Crippen MR) is 79.1 cm³/mol. The Morgan fingerprint density at radius 2 is 1.95 bits per heavy atom. The first kappa shape index (κ1) is 13.5. The highest BCUT2D eigenvalue weighted by molar-refractivity contribution is 9.10. The Bertz CT molecular complexity index is 552. The smallest absolute Gasteiger partial charge is 0.270 e. The van der Waals surface area contributed by atoms with Crippen molar-refractivity contribution in [1.82, 2.24) is 10.3 Å². The van der Waals surface area contributed by atoms with Gasteiger partial charge in [0.05, 0.1) is 11.9 Å². The second-order valence-electron chi connectivity index (χ2n) is 3.99. The molecule has 2 aromatic rings. The Balaban J connectivity index is 1.95. The van der Waals surface area contributed by atoms with Crippen molar-refractivity contribution < 1.29 is 4.79 Å². The molecule has 0 spiro atoms. The van der Waals surface area contributed by atoms with Crippen LogP contribution in [0.2, 0.25) is 0 Å². The second-order valence-corrected chi connectivity index (χ2v) is 4.91. The number of aromatic nitrogens is 1. The van der Waals surface area contributed by atoms with Gasteiger partial charge < -0.3 is 10.6 Å². The van der Waals surface area contributed by atoms with Gasteiger partial charge in [-0.1, -0.05) is 28.1 Å². The molecule has 0 unspecified atom stereocenters. The van der Waals surface area contributed by atoms with Crippen LogP contribution in [0.3, 0.4) is 0 Å². The number of benzene rings is 1. The monoisotopic (exact) mass is 319 g/mol. The van der Waals surface area contributed by atoms with E-state index in [0.29, 0.717) is 12.2 Å². The van der Waals surface area contributed by atoms with E-state index < -0.39 is 0 Å². The highest BCUT2D eigenvalue weighted by atomic mass is 79.9. The fourth-order valence-electron chi connectivity index (χ4n) is 1.55. The average Bonchev–Trinajstić information content (AvgIpc) is 2.46. The highest BCUT2D eigenvalue weighted by Gasteiger charge is 2.06. The molecule has 0 aliphatic carbocycles. The summed E-state index contributed by atoms with van der Waals surface area (Å²) in [5.41, 5.74) is 2.34. The van der Waals surface area contributed by atoms with Gasteiger partial charge in [-0.25, -0.2) is 4.98 Å². The molecule has 4 nitrogen and oxygen atoms in total. The number of rotatable bonds is 4. The Morgan fingerprint density at radius 3 is 2.53 bits per heavy atom. The van der Waals surface area contributed by atoms with Crippen LogP contribution < -0.4 is 10.6 Å². The largest absolute Gasteiger partial charge is 0.387 e. The van der Waals surface area contributed by atoms with Gasteiger partial charge in [-0.05, 0) is 29.8 Å². The molecule has 98 valence electrons. The Morgan fingerprint density at radius 1 is 1.21 bits per heavy atom. The van der Waals surface area contributed by atoms with Crippen LogP contribution in [0.15, 0.2) is 47.1 Å². The number of halogens is 1. The van der Waals surface area contributed by atoms with E-state index in [-0.39, 0.29) is 5.91 Å². The number of nitrogens with zero attached hydrogens (tertiary/aromatic N) is 1. The maximum absolute atomic E-state index is 11.9. The van der Waals surface area contributed by atoms with Crippen molar-refractivity contribution in [2.24, 2.45) is 0 Å². The SMILES string of the molecule is CNc1ccc(C(=O)NCc2ccc(Br)cc2)nc1. The van der Waals surface area contributed by atoms with E-state index in [9.17, 15) is 4.79 Å². The molecule has 1 heterocycles.